The number of fused-ring (bicyclic) bond motifs is 1. The van der Waals surface area contributed by atoms with Crippen molar-refractivity contribution in [3.8, 4) is 5.75 Å². The second-order valence-electron chi connectivity index (χ2n) is 9.14. The quantitative estimate of drug-likeness (QED) is 0.195. The minimum atomic E-state index is -0.863. The van der Waals surface area contributed by atoms with E-state index in [9.17, 15) is 14.7 Å². The minimum Gasteiger partial charge on any atom is -0.503 e. The fraction of sp³-hybridized carbons (Fsp3) is 0.0968. The summed E-state index contributed by atoms with van der Waals surface area (Å²) in [6.07, 6.45) is 1.51. The fourth-order valence-electron chi connectivity index (χ4n) is 4.71. The number of nitrogens with zero attached hydrogens (tertiary/aromatic N) is 1. The molecule has 3 aromatic carbocycles. The number of halogens is 1. The molecule has 8 heteroatoms. The number of furan rings is 2. The average molecular weight is 584 g/mol. The molecule has 1 aliphatic heterocycles. The lowest BCUT2D eigenvalue weighted by atomic mass is 9.95. The Morgan fingerprint density at radius 3 is 2.51 bits per heavy atom. The zero-order chi connectivity index (χ0) is 26.9. The van der Waals surface area contributed by atoms with Crippen molar-refractivity contribution in [3.05, 3.63) is 136 Å². The van der Waals surface area contributed by atoms with E-state index in [-0.39, 0.29) is 17.9 Å². The molecule has 1 unspecified atom stereocenters. The number of ether oxygens (including phenoxy) is 1. The lowest BCUT2D eigenvalue weighted by molar-refractivity contribution is -0.130. The molecule has 0 fully saturated rings. The third-order valence-corrected chi connectivity index (χ3v) is 7.09. The number of carbonyl (C=O) groups excluding carboxylic acids is 2. The number of Topliss-reactive ketones (excluding diaryl/α,β-unsaturated/α-hetero) is 1. The van der Waals surface area contributed by atoms with Crippen LogP contribution in [0.15, 0.2) is 122 Å². The summed E-state index contributed by atoms with van der Waals surface area (Å²) >= 11 is 3.42. The van der Waals surface area contributed by atoms with Crippen molar-refractivity contribution in [1.82, 2.24) is 4.90 Å². The van der Waals surface area contributed by atoms with Gasteiger partial charge in [-0.15, -0.1) is 0 Å². The van der Waals surface area contributed by atoms with Gasteiger partial charge in [-0.1, -0.05) is 58.4 Å². The molecule has 39 heavy (non-hydrogen) atoms. The third-order valence-electron chi connectivity index (χ3n) is 6.60. The lowest BCUT2D eigenvalue weighted by Gasteiger charge is -2.26. The van der Waals surface area contributed by atoms with Crippen LogP contribution in [0, 0.1) is 0 Å². The average Bonchev–Trinajstić information content (AvgIpc) is 3.68. The number of benzene rings is 3. The van der Waals surface area contributed by atoms with Crippen LogP contribution < -0.4 is 4.74 Å². The Labute approximate surface area is 232 Å². The van der Waals surface area contributed by atoms with Gasteiger partial charge in [0, 0.05) is 9.86 Å². The van der Waals surface area contributed by atoms with Gasteiger partial charge in [0.25, 0.3) is 5.91 Å². The van der Waals surface area contributed by atoms with E-state index in [0.717, 1.165) is 15.4 Å². The molecule has 0 spiro atoms. The highest BCUT2D eigenvalue weighted by atomic mass is 79.9. The molecule has 2 aromatic heterocycles. The van der Waals surface area contributed by atoms with Crippen LogP contribution in [0.1, 0.15) is 33.5 Å². The van der Waals surface area contributed by atoms with Gasteiger partial charge < -0.3 is 23.6 Å². The van der Waals surface area contributed by atoms with Gasteiger partial charge in [0.15, 0.2) is 11.5 Å². The van der Waals surface area contributed by atoms with E-state index in [0.29, 0.717) is 29.3 Å². The highest BCUT2D eigenvalue weighted by molar-refractivity contribution is 9.10. The molecule has 1 N–H and O–H groups in total. The first kappa shape index (κ1) is 24.8. The van der Waals surface area contributed by atoms with Crippen LogP contribution in [0.4, 0.5) is 0 Å². The van der Waals surface area contributed by atoms with E-state index in [1.807, 2.05) is 42.5 Å². The second kappa shape index (κ2) is 10.3. The molecular formula is C31H22BrNO6. The van der Waals surface area contributed by atoms with Gasteiger partial charge >= 0.3 is 0 Å². The summed E-state index contributed by atoms with van der Waals surface area (Å²) in [5.41, 5.74) is 2.14. The van der Waals surface area contributed by atoms with E-state index in [4.69, 9.17) is 13.6 Å². The van der Waals surface area contributed by atoms with Crippen LogP contribution in [-0.4, -0.2) is 21.7 Å². The zero-order valence-corrected chi connectivity index (χ0v) is 22.1. The summed E-state index contributed by atoms with van der Waals surface area (Å²) < 4.78 is 18.0. The molecule has 1 atom stereocenters. The predicted molar refractivity (Wildman–Crippen MR) is 147 cm³/mol. The number of carbonyl (C=O) groups is 2. The van der Waals surface area contributed by atoms with Crippen LogP contribution in [0.25, 0.3) is 11.0 Å². The number of amides is 1. The van der Waals surface area contributed by atoms with Crippen molar-refractivity contribution in [2.45, 2.75) is 19.2 Å². The maximum Gasteiger partial charge on any atom is 0.290 e. The summed E-state index contributed by atoms with van der Waals surface area (Å²) in [4.78, 5) is 28.4. The van der Waals surface area contributed by atoms with E-state index in [2.05, 4.69) is 15.9 Å². The van der Waals surface area contributed by atoms with Gasteiger partial charge in [0.1, 0.15) is 23.7 Å². The molecule has 0 saturated heterocycles. The highest BCUT2D eigenvalue weighted by Gasteiger charge is 2.44. The summed E-state index contributed by atoms with van der Waals surface area (Å²) in [6, 6.07) is 26.5. The van der Waals surface area contributed by atoms with Crippen molar-refractivity contribution in [1.29, 1.82) is 0 Å². The Kier molecular flexibility index (Phi) is 6.54. The first-order valence-electron chi connectivity index (χ1n) is 12.2. The maximum atomic E-state index is 13.8. The Morgan fingerprint density at radius 2 is 1.77 bits per heavy atom. The van der Waals surface area contributed by atoms with Gasteiger partial charge in [-0.05, 0) is 59.7 Å². The zero-order valence-electron chi connectivity index (χ0n) is 20.5. The molecule has 0 saturated carbocycles. The van der Waals surface area contributed by atoms with Crippen LogP contribution in [0.3, 0.4) is 0 Å². The van der Waals surface area contributed by atoms with E-state index in [1.165, 1.54) is 11.2 Å². The number of hydrogen-bond donors (Lipinski definition) is 1. The van der Waals surface area contributed by atoms with Gasteiger partial charge in [-0.25, -0.2) is 0 Å². The Hall–Kier alpha value is -4.56. The van der Waals surface area contributed by atoms with Gasteiger partial charge in [-0.3, -0.25) is 9.59 Å². The van der Waals surface area contributed by atoms with Crippen molar-refractivity contribution in [2.24, 2.45) is 0 Å². The van der Waals surface area contributed by atoms with E-state index >= 15 is 0 Å². The van der Waals surface area contributed by atoms with Crippen molar-refractivity contribution < 1.29 is 28.3 Å². The molecule has 194 valence electrons. The topological polar surface area (TPSA) is 93.1 Å². The second-order valence-corrected chi connectivity index (χ2v) is 10.1. The molecular weight excluding hydrogens is 562 g/mol. The van der Waals surface area contributed by atoms with Gasteiger partial charge in [0.05, 0.1) is 24.4 Å². The number of aliphatic hydroxyl groups is 1. The molecule has 5 aromatic rings. The maximum absolute atomic E-state index is 13.8. The molecule has 7 nitrogen and oxygen atoms in total. The highest BCUT2D eigenvalue weighted by Crippen LogP contribution is 2.41. The van der Waals surface area contributed by atoms with Crippen molar-refractivity contribution >= 4 is 38.6 Å². The van der Waals surface area contributed by atoms with Crippen LogP contribution in [-0.2, 0) is 17.9 Å². The summed E-state index contributed by atoms with van der Waals surface area (Å²) in [6.45, 7) is 0.468. The molecule has 6 rings (SSSR count). The van der Waals surface area contributed by atoms with Crippen LogP contribution in [0.5, 0.6) is 5.75 Å². The Bertz CT molecular complexity index is 1690. The molecule has 0 aliphatic carbocycles. The Morgan fingerprint density at radius 1 is 0.974 bits per heavy atom. The first-order valence-corrected chi connectivity index (χ1v) is 13.0. The normalized spacial score (nSPS) is 15.4. The number of aliphatic hydroxyl groups excluding tert-OH is 1. The molecule has 0 radical (unpaired) electrons. The third kappa shape index (κ3) is 4.86. The van der Waals surface area contributed by atoms with Crippen molar-refractivity contribution in [2.75, 3.05) is 0 Å². The lowest BCUT2D eigenvalue weighted by Crippen LogP contribution is -2.30. The van der Waals surface area contributed by atoms with E-state index < -0.39 is 23.5 Å². The number of hydrogen-bond acceptors (Lipinski definition) is 6. The van der Waals surface area contributed by atoms with Crippen LogP contribution in [0.2, 0.25) is 0 Å². The van der Waals surface area contributed by atoms with Crippen LogP contribution >= 0.6 is 15.9 Å². The summed E-state index contributed by atoms with van der Waals surface area (Å²) in [5.74, 6) is -0.653. The fourth-order valence-corrected chi connectivity index (χ4v) is 5.09. The smallest absolute Gasteiger partial charge is 0.290 e. The number of rotatable bonds is 8. The SMILES string of the molecule is O=C(C1=C(O)C(=O)N(Cc2ccco2)C1c1ccc(OCc2ccccc2)cc1)c1cc2cc(Br)ccc2o1. The summed E-state index contributed by atoms with van der Waals surface area (Å²) in [5, 5.41) is 11.7. The Balaban J connectivity index is 1.34. The van der Waals surface area contributed by atoms with Gasteiger partial charge in [-0.2, -0.15) is 0 Å². The molecule has 1 aliphatic rings. The molecule has 3 heterocycles. The predicted octanol–water partition coefficient (Wildman–Crippen LogP) is 7.15. The monoisotopic (exact) mass is 583 g/mol. The summed E-state index contributed by atoms with van der Waals surface area (Å²) in [7, 11) is 0. The van der Waals surface area contributed by atoms with Gasteiger partial charge in [0.2, 0.25) is 5.78 Å². The number of ketones is 1. The molecule has 1 amide bonds. The molecule has 0 bridgehead atoms. The minimum absolute atomic E-state index is 0.0325. The largest absolute Gasteiger partial charge is 0.503 e. The van der Waals surface area contributed by atoms with Crippen molar-refractivity contribution in [3.63, 3.8) is 0 Å². The van der Waals surface area contributed by atoms with E-state index in [1.54, 1.807) is 48.5 Å². The standard InChI is InChI=1S/C31H22BrNO6/c32-22-10-13-25-21(15-22)16-26(39-25)29(34)27-28(33(31(36)30(27)35)17-24-7-4-14-37-24)20-8-11-23(12-9-20)38-18-19-5-2-1-3-6-19/h1-16,28,35H,17-18H2. The first-order chi connectivity index (χ1) is 19.0.